The van der Waals surface area contributed by atoms with E-state index in [1.165, 1.54) is 0 Å². The van der Waals surface area contributed by atoms with Crippen molar-refractivity contribution < 1.29 is 23.8 Å². The van der Waals surface area contributed by atoms with Gasteiger partial charge in [0, 0.05) is 0 Å². The fraction of sp³-hybridized carbons (Fsp3) is 0.250. The van der Waals surface area contributed by atoms with Gasteiger partial charge in [-0.1, -0.05) is 36.4 Å². The van der Waals surface area contributed by atoms with Gasteiger partial charge in [-0.05, 0) is 54.4 Å². The zero-order chi connectivity index (χ0) is 22.1. The molecule has 0 saturated carbocycles. The van der Waals surface area contributed by atoms with Gasteiger partial charge in [-0.25, -0.2) is 0 Å². The fourth-order valence-electron chi connectivity index (χ4n) is 3.02. The van der Waals surface area contributed by atoms with Gasteiger partial charge < -0.3 is 14.2 Å². The molecule has 0 aliphatic carbocycles. The quantitative estimate of drug-likeness (QED) is 0.516. The summed E-state index contributed by atoms with van der Waals surface area (Å²) in [6.07, 6.45) is 0.0816. The number of hydrazine groups is 1. The maximum Gasteiger partial charge on any atom is 0.276 e. The molecular formula is C24H26N2O5. The highest BCUT2D eigenvalue weighted by Gasteiger charge is 2.11. The summed E-state index contributed by atoms with van der Waals surface area (Å²) < 4.78 is 16.6. The Hall–Kier alpha value is -3.74. The summed E-state index contributed by atoms with van der Waals surface area (Å²) in [5.41, 5.74) is 5.50. The van der Waals surface area contributed by atoms with Crippen molar-refractivity contribution in [2.45, 2.75) is 20.3 Å². The summed E-state index contributed by atoms with van der Waals surface area (Å²) >= 11 is 0. The highest BCUT2D eigenvalue weighted by atomic mass is 16.5. The second-order valence-electron chi connectivity index (χ2n) is 6.72. The molecule has 2 N–H and O–H groups in total. The molecule has 0 fully saturated rings. The molecule has 0 saturated heterocycles. The van der Waals surface area contributed by atoms with Crippen molar-refractivity contribution in [1.82, 2.24) is 10.9 Å². The third kappa shape index (κ3) is 6.37. The Bertz CT molecular complexity index is 1050. The molecular weight excluding hydrogens is 396 g/mol. The average molecular weight is 422 g/mol. The standard InChI is InChI=1S/C24H26N2O5/c1-3-29-21-12-9-17(13-22(21)30-4-2)14-23(27)25-26-24(28)16-31-20-11-10-18-7-5-6-8-19(18)15-20/h5-13,15H,3-4,14,16H2,1-2H3,(H,25,27)(H,26,28). The Morgan fingerprint density at radius 3 is 2.23 bits per heavy atom. The molecule has 162 valence electrons. The van der Waals surface area contributed by atoms with Gasteiger partial charge in [-0.15, -0.1) is 0 Å². The number of carbonyl (C=O) groups excluding carboxylic acids is 2. The maximum atomic E-state index is 12.2. The maximum absolute atomic E-state index is 12.2. The van der Waals surface area contributed by atoms with Gasteiger partial charge in [0.1, 0.15) is 5.75 Å². The van der Waals surface area contributed by atoms with Gasteiger partial charge in [-0.3, -0.25) is 20.4 Å². The number of ether oxygens (including phenoxy) is 3. The number of hydrogen-bond donors (Lipinski definition) is 2. The van der Waals surface area contributed by atoms with Gasteiger partial charge in [0.05, 0.1) is 19.6 Å². The predicted octanol–water partition coefficient (Wildman–Crippen LogP) is 3.41. The molecule has 0 aliphatic rings. The third-order valence-electron chi connectivity index (χ3n) is 4.40. The lowest BCUT2D eigenvalue weighted by atomic mass is 10.1. The number of hydrogen-bond acceptors (Lipinski definition) is 5. The van der Waals surface area contributed by atoms with Crippen molar-refractivity contribution in [2.75, 3.05) is 19.8 Å². The van der Waals surface area contributed by atoms with Crippen LogP contribution in [0.4, 0.5) is 0 Å². The molecule has 0 heterocycles. The van der Waals surface area contributed by atoms with E-state index in [1.54, 1.807) is 24.3 Å². The highest BCUT2D eigenvalue weighted by Crippen LogP contribution is 2.28. The van der Waals surface area contributed by atoms with Crippen molar-refractivity contribution in [1.29, 1.82) is 0 Å². The van der Waals surface area contributed by atoms with Crippen molar-refractivity contribution in [3.8, 4) is 17.2 Å². The Kier molecular flexibility index (Phi) is 7.70. The lowest BCUT2D eigenvalue weighted by Crippen LogP contribution is -2.44. The van der Waals surface area contributed by atoms with Gasteiger partial charge >= 0.3 is 0 Å². The molecule has 2 amide bonds. The van der Waals surface area contributed by atoms with Crippen LogP contribution in [0.3, 0.4) is 0 Å². The van der Waals surface area contributed by atoms with Crippen LogP contribution in [0.25, 0.3) is 10.8 Å². The number of rotatable bonds is 9. The van der Waals surface area contributed by atoms with Crippen LogP contribution in [-0.4, -0.2) is 31.6 Å². The number of fused-ring (bicyclic) bond motifs is 1. The van der Waals surface area contributed by atoms with Crippen LogP contribution in [-0.2, 0) is 16.0 Å². The van der Waals surface area contributed by atoms with Crippen LogP contribution in [0.15, 0.2) is 60.7 Å². The van der Waals surface area contributed by atoms with E-state index in [4.69, 9.17) is 14.2 Å². The highest BCUT2D eigenvalue weighted by molar-refractivity contribution is 5.85. The van der Waals surface area contributed by atoms with Crippen molar-refractivity contribution in [3.05, 3.63) is 66.2 Å². The molecule has 0 aliphatic heterocycles. The SMILES string of the molecule is CCOc1ccc(CC(=O)NNC(=O)COc2ccc3ccccc3c2)cc1OCC. The molecule has 0 unspecified atom stereocenters. The van der Waals surface area contributed by atoms with E-state index in [0.717, 1.165) is 16.3 Å². The van der Waals surface area contributed by atoms with Crippen LogP contribution >= 0.6 is 0 Å². The van der Waals surface area contributed by atoms with E-state index >= 15 is 0 Å². The number of amides is 2. The van der Waals surface area contributed by atoms with E-state index in [-0.39, 0.29) is 18.9 Å². The lowest BCUT2D eigenvalue weighted by molar-refractivity contribution is -0.129. The molecule has 0 atom stereocenters. The lowest BCUT2D eigenvalue weighted by Gasteiger charge is -2.13. The molecule has 3 aromatic carbocycles. The zero-order valence-electron chi connectivity index (χ0n) is 17.6. The smallest absolute Gasteiger partial charge is 0.276 e. The van der Waals surface area contributed by atoms with Crippen molar-refractivity contribution >= 4 is 22.6 Å². The summed E-state index contributed by atoms with van der Waals surface area (Å²) in [5.74, 6) is 0.988. The Morgan fingerprint density at radius 1 is 0.742 bits per heavy atom. The third-order valence-corrected chi connectivity index (χ3v) is 4.40. The number of nitrogens with one attached hydrogen (secondary N) is 2. The first-order chi connectivity index (χ1) is 15.1. The second kappa shape index (κ2) is 10.9. The average Bonchev–Trinajstić information content (AvgIpc) is 2.78. The molecule has 31 heavy (non-hydrogen) atoms. The first kappa shape index (κ1) is 22.0. The van der Waals surface area contributed by atoms with Crippen LogP contribution < -0.4 is 25.1 Å². The molecule has 3 aromatic rings. The monoisotopic (exact) mass is 422 g/mol. The number of benzene rings is 3. The fourth-order valence-corrected chi connectivity index (χ4v) is 3.02. The molecule has 7 heteroatoms. The van der Waals surface area contributed by atoms with E-state index in [0.29, 0.717) is 30.5 Å². The van der Waals surface area contributed by atoms with Gasteiger partial charge in [0.2, 0.25) is 5.91 Å². The topological polar surface area (TPSA) is 85.9 Å². The predicted molar refractivity (Wildman–Crippen MR) is 118 cm³/mol. The number of carbonyl (C=O) groups is 2. The van der Waals surface area contributed by atoms with Crippen LogP contribution in [0.5, 0.6) is 17.2 Å². The molecule has 3 rings (SSSR count). The molecule has 0 radical (unpaired) electrons. The minimum absolute atomic E-state index is 0.0816. The van der Waals surface area contributed by atoms with Gasteiger partial charge in [-0.2, -0.15) is 0 Å². The first-order valence-electron chi connectivity index (χ1n) is 10.2. The second-order valence-corrected chi connectivity index (χ2v) is 6.72. The van der Waals surface area contributed by atoms with Crippen molar-refractivity contribution in [2.24, 2.45) is 0 Å². The van der Waals surface area contributed by atoms with Crippen molar-refractivity contribution in [3.63, 3.8) is 0 Å². The summed E-state index contributed by atoms with van der Waals surface area (Å²) in [6, 6.07) is 18.8. The summed E-state index contributed by atoms with van der Waals surface area (Å²) in [4.78, 5) is 24.2. The van der Waals surface area contributed by atoms with E-state index in [2.05, 4.69) is 10.9 Å². The van der Waals surface area contributed by atoms with E-state index < -0.39 is 5.91 Å². The Morgan fingerprint density at radius 2 is 1.45 bits per heavy atom. The normalized spacial score (nSPS) is 10.4. The largest absolute Gasteiger partial charge is 0.490 e. The Labute approximate surface area is 181 Å². The van der Waals surface area contributed by atoms with E-state index in [9.17, 15) is 9.59 Å². The summed E-state index contributed by atoms with van der Waals surface area (Å²) in [7, 11) is 0. The molecule has 0 bridgehead atoms. The van der Waals surface area contributed by atoms with Gasteiger partial charge in [0.25, 0.3) is 5.91 Å². The zero-order valence-corrected chi connectivity index (χ0v) is 17.6. The molecule has 7 nitrogen and oxygen atoms in total. The minimum atomic E-state index is -0.455. The van der Waals surface area contributed by atoms with Gasteiger partial charge in [0.15, 0.2) is 18.1 Å². The first-order valence-corrected chi connectivity index (χ1v) is 10.2. The molecule has 0 spiro atoms. The summed E-state index contributed by atoms with van der Waals surface area (Å²) in [5, 5.41) is 2.11. The minimum Gasteiger partial charge on any atom is -0.490 e. The summed E-state index contributed by atoms with van der Waals surface area (Å²) in [6.45, 7) is 4.57. The van der Waals surface area contributed by atoms with Crippen LogP contribution in [0, 0.1) is 0 Å². The molecule has 0 aromatic heterocycles. The Balaban J connectivity index is 1.47. The van der Waals surface area contributed by atoms with E-state index in [1.807, 2.05) is 50.2 Å². The van der Waals surface area contributed by atoms with Crippen LogP contribution in [0.1, 0.15) is 19.4 Å². The van der Waals surface area contributed by atoms with Crippen LogP contribution in [0.2, 0.25) is 0 Å².